The van der Waals surface area contributed by atoms with Gasteiger partial charge in [0.25, 0.3) is 5.91 Å². The summed E-state index contributed by atoms with van der Waals surface area (Å²) in [5.41, 5.74) is 2.11. The molecule has 0 aliphatic rings. The first-order chi connectivity index (χ1) is 11.0. The maximum atomic E-state index is 12.3. The lowest BCUT2D eigenvalue weighted by atomic mass is 10.1. The highest BCUT2D eigenvalue weighted by Gasteiger charge is 2.12. The average Bonchev–Trinajstić information content (AvgIpc) is 2.55. The van der Waals surface area contributed by atoms with E-state index in [2.05, 4.69) is 26.9 Å². The molecule has 2 N–H and O–H groups in total. The number of nitrogens with one attached hydrogen (secondary N) is 2. The van der Waals surface area contributed by atoms with E-state index in [0.717, 1.165) is 0 Å². The lowest BCUT2D eigenvalue weighted by molar-refractivity contribution is 0.102. The van der Waals surface area contributed by atoms with Gasteiger partial charge in [-0.05, 0) is 32.0 Å². The fourth-order valence-electron chi connectivity index (χ4n) is 1.92. The zero-order chi connectivity index (χ0) is 16.8. The van der Waals surface area contributed by atoms with Gasteiger partial charge in [-0.2, -0.15) is 10.4 Å². The monoisotopic (exact) mass is 311 g/mol. The number of carbonyl (C=O) groups is 1. The van der Waals surface area contributed by atoms with Gasteiger partial charge in [0.2, 0.25) is 5.88 Å². The quantitative estimate of drug-likeness (QED) is 0.879. The topological polar surface area (TPSA) is 99.9 Å². The number of nitriles is 1. The fraction of sp³-hybridized carbons (Fsp3) is 0.250. The summed E-state index contributed by atoms with van der Waals surface area (Å²) < 4.78 is 4.96. The summed E-state index contributed by atoms with van der Waals surface area (Å²) in [7, 11) is 1.46. The third-order valence-corrected chi connectivity index (χ3v) is 2.94. The predicted octanol–water partition coefficient (Wildman–Crippen LogP) is 2.43. The van der Waals surface area contributed by atoms with Gasteiger partial charge >= 0.3 is 0 Å². The molecule has 118 valence electrons. The maximum absolute atomic E-state index is 12.3. The Labute approximate surface area is 134 Å². The normalized spacial score (nSPS) is 10.0. The molecule has 23 heavy (non-hydrogen) atoms. The average molecular weight is 311 g/mol. The molecule has 7 heteroatoms. The minimum Gasteiger partial charge on any atom is -0.480 e. The van der Waals surface area contributed by atoms with E-state index in [9.17, 15) is 4.79 Å². The first-order valence-electron chi connectivity index (χ1n) is 7.02. The summed E-state index contributed by atoms with van der Waals surface area (Å²) in [5, 5.41) is 22.5. The Hall–Kier alpha value is -3.14. The standard InChI is InChI=1S/C16H17N5O2/c1-10(2)19-14-6-11(8-17)4-5-13(14)20-16(22)12-7-15(23-3)21-18-9-12/h4-7,9-10,19H,1-3H3,(H,20,22). The second kappa shape index (κ2) is 7.22. The van der Waals surface area contributed by atoms with Gasteiger partial charge in [-0.3, -0.25) is 4.79 Å². The fourth-order valence-corrected chi connectivity index (χ4v) is 1.92. The summed E-state index contributed by atoms with van der Waals surface area (Å²) in [6.45, 7) is 3.95. The molecule has 7 nitrogen and oxygen atoms in total. The SMILES string of the molecule is COc1cc(C(=O)Nc2ccc(C#N)cc2NC(C)C)cnn1. The minimum absolute atomic E-state index is 0.155. The van der Waals surface area contributed by atoms with E-state index in [-0.39, 0.29) is 17.8 Å². The molecule has 0 aliphatic carbocycles. The van der Waals surface area contributed by atoms with E-state index in [1.54, 1.807) is 18.2 Å². The summed E-state index contributed by atoms with van der Waals surface area (Å²) in [5.74, 6) is -0.0762. The summed E-state index contributed by atoms with van der Waals surface area (Å²) in [6.07, 6.45) is 1.36. The first kappa shape index (κ1) is 16.2. The van der Waals surface area contributed by atoms with Gasteiger partial charge in [-0.15, -0.1) is 5.10 Å². The van der Waals surface area contributed by atoms with Crippen LogP contribution in [0.2, 0.25) is 0 Å². The van der Waals surface area contributed by atoms with E-state index in [0.29, 0.717) is 22.5 Å². The number of ether oxygens (including phenoxy) is 1. The molecular formula is C16H17N5O2. The third-order valence-electron chi connectivity index (χ3n) is 2.94. The van der Waals surface area contributed by atoms with Crippen molar-refractivity contribution in [3.8, 4) is 11.9 Å². The number of benzene rings is 1. The second-order valence-corrected chi connectivity index (χ2v) is 5.11. The van der Waals surface area contributed by atoms with Crippen LogP contribution >= 0.6 is 0 Å². The molecule has 2 aromatic rings. The van der Waals surface area contributed by atoms with Crippen LogP contribution in [0.25, 0.3) is 0 Å². The molecule has 0 saturated heterocycles. The number of amides is 1. The van der Waals surface area contributed by atoms with E-state index in [1.807, 2.05) is 13.8 Å². The van der Waals surface area contributed by atoms with Crippen molar-refractivity contribution < 1.29 is 9.53 Å². The van der Waals surface area contributed by atoms with Crippen molar-refractivity contribution in [3.63, 3.8) is 0 Å². The highest BCUT2D eigenvalue weighted by atomic mass is 16.5. The Morgan fingerprint density at radius 1 is 1.30 bits per heavy atom. The number of nitrogens with zero attached hydrogens (tertiary/aromatic N) is 3. The Bertz CT molecular complexity index is 752. The van der Waals surface area contributed by atoms with Crippen LogP contribution in [0.3, 0.4) is 0 Å². The molecule has 0 spiro atoms. The molecule has 1 aromatic carbocycles. The molecule has 0 unspecified atom stereocenters. The predicted molar refractivity (Wildman–Crippen MR) is 86.5 cm³/mol. The summed E-state index contributed by atoms with van der Waals surface area (Å²) in [4.78, 5) is 12.3. The van der Waals surface area contributed by atoms with Crippen molar-refractivity contribution in [1.29, 1.82) is 5.26 Å². The lowest BCUT2D eigenvalue weighted by Gasteiger charge is -2.16. The number of hydrogen-bond donors (Lipinski definition) is 2. The zero-order valence-electron chi connectivity index (χ0n) is 13.1. The van der Waals surface area contributed by atoms with Gasteiger partial charge in [-0.25, -0.2) is 0 Å². The van der Waals surface area contributed by atoms with Gasteiger partial charge in [0, 0.05) is 12.1 Å². The molecule has 0 atom stereocenters. The van der Waals surface area contributed by atoms with Crippen LogP contribution in [-0.4, -0.2) is 29.3 Å². The minimum atomic E-state index is -0.338. The third kappa shape index (κ3) is 4.17. The van der Waals surface area contributed by atoms with Gasteiger partial charge < -0.3 is 15.4 Å². The van der Waals surface area contributed by atoms with E-state index >= 15 is 0 Å². The molecule has 0 bridgehead atoms. The van der Waals surface area contributed by atoms with Crippen LogP contribution in [0, 0.1) is 11.3 Å². The van der Waals surface area contributed by atoms with Crippen LogP contribution in [0.4, 0.5) is 11.4 Å². The maximum Gasteiger partial charge on any atom is 0.257 e. The van der Waals surface area contributed by atoms with E-state index in [4.69, 9.17) is 10.00 Å². The Morgan fingerprint density at radius 3 is 2.74 bits per heavy atom. The molecule has 0 fully saturated rings. The van der Waals surface area contributed by atoms with E-state index < -0.39 is 0 Å². The lowest BCUT2D eigenvalue weighted by Crippen LogP contribution is -2.16. The molecule has 0 radical (unpaired) electrons. The Balaban J connectivity index is 2.27. The molecule has 1 aromatic heterocycles. The number of methoxy groups -OCH3 is 1. The highest BCUT2D eigenvalue weighted by molar-refractivity contribution is 6.05. The molecule has 1 amide bonds. The van der Waals surface area contributed by atoms with Crippen LogP contribution in [0.1, 0.15) is 29.8 Å². The van der Waals surface area contributed by atoms with Crippen molar-refractivity contribution in [2.75, 3.05) is 17.7 Å². The summed E-state index contributed by atoms with van der Waals surface area (Å²) >= 11 is 0. The number of carbonyl (C=O) groups excluding carboxylic acids is 1. The van der Waals surface area contributed by atoms with Gasteiger partial charge in [0.1, 0.15) is 0 Å². The molecular weight excluding hydrogens is 294 g/mol. The first-order valence-corrected chi connectivity index (χ1v) is 7.02. The smallest absolute Gasteiger partial charge is 0.257 e. The van der Waals surface area contributed by atoms with Crippen molar-refractivity contribution in [1.82, 2.24) is 10.2 Å². The van der Waals surface area contributed by atoms with Gasteiger partial charge in [0.05, 0.1) is 41.9 Å². The summed E-state index contributed by atoms with van der Waals surface area (Å²) in [6, 6.07) is 8.77. The largest absolute Gasteiger partial charge is 0.480 e. The molecule has 0 saturated carbocycles. The van der Waals surface area contributed by atoms with Crippen LogP contribution in [0.5, 0.6) is 5.88 Å². The Morgan fingerprint density at radius 2 is 2.09 bits per heavy atom. The number of rotatable bonds is 5. The van der Waals surface area contributed by atoms with Crippen molar-refractivity contribution in [3.05, 3.63) is 41.6 Å². The van der Waals surface area contributed by atoms with Crippen LogP contribution < -0.4 is 15.4 Å². The number of anilines is 2. The number of hydrogen-bond acceptors (Lipinski definition) is 6. The molecule has 1 heterocycles. The molecule has 0 aliphatic heterocycles. The van der Waals surface area contributed by atoms with Crippen molar-refractivity contribution in [2.45, 2.75) is 19.9 Å². The molecule has 2 rings (SSSR count). The van der Waals surface area contributed by atoms with Gasteiger partial charge in [-0.1, -0.05) is 0 Å². The van der Waals surface area contributed by atoms with Crippen molar-refractivity contribution >= 4 is 17.3 Å². The van der Waals surface area contributed by atoms with Gasteiger partial charge in [0.15, 0.2) is 0 Å². The zero-order valence-corrected chi connectivity index (χ0v) is 13.1. The Kier molecular flexibility index (Phi) is 5.10. The second-order valence-electron chi connectivity index (χ2n) is 5.11. The highest BCUT2D eigenvalue weighted by Crippen LogP contribution is 2.24. The number of aromatic nitrogens is 2. The van der Waals surface area contributed by atoms with E-state index in [1.165, 1.54) is 19.4 Å². The van der Waals surface area contributed by atoms with Crippen LogP contribution in [-0.2, 0) is 0 Å². The van der Waals surface area contributed by atoms with Crippen LogP contribution in [0.15, 0.2) is 30.5 Å². The van der Waals surface area contributed by atoms with Crippen molar-refractivity contribution in [2.24, 2.45) is 0 Å².